The summed E-state index contributed by atoms with van der Waals surface area (Å²) >= 11 is 0. The van der Waals surface area contributed by atoms with Crippen molar-refractivity contribution in [2.75, 3.05) is 19.6 Å². The topological polar surface area (TPSA) is 67.2 Å². The fourth-order valence-electron chi connectivity index (χ4n) is 1.95. The molecule has 0 aromatic heterocycles. The van der Waals surface area contributed by atoms with Crippen molar-refractivity contribution in [3.63, 3.8) is 0 Å². The summed E-state index contributed by atoms with van der Waals surface area (Å²) < 4.78 is 0. The summed E-state index contributed by atoms with van der Waals surface area (Å²) in [5.41, 5.74) is 5.07. The predicted molar refractivity (Wildman–Crippen MR) is 61.6 cm³/mol. The van der Waals surface area contributed by atoms with Gasteiger partial charge in [-0.3, -0.25) is 4.79 Å². The molecular formula is C11H23N3O. The van der Waals surface area contributed by atoms with Crippen LogP contribution in [0.4, 0.5) is 0 Å². The molecule has 0 spiro atoms. The lowest BCUT2D eigenvalue weighted by Crippen LogP contribution is -2.30. The number of amides is 1. The minimum Gasteiger partial charge on any atom is -0.370 e. The SMILES string of the molecule is NC(=O)CCCCNC1CCCNCC1. The maximum Gasteiger partial charge on any atom is 0.217 e. The van der Waals surface area contributed by atoms with Crippen molar-refractivity contribution >= 4 is 5.91 Å². The summed E-state index contributed by atoms with van der Waals surface area (Å²) in [6, 6.07) is 0.661. The number of nitrogens with one attached hydrogen (secondary N) is 2. The predicted octanol–water partition coefficient (Wildman–Crippen LogP) is 0.374. The van der Waals surface area contributed by atoms with E-state index in [1.165, 1.54) is 19.3 Å². The van der Waals surface area contributed by atoms with Gasteiger partial charge in [0.1, 0.15) is 0 Å². The second kappa shape index (κ2) is 7.65. The largest absolute Gasteiger partial charge is 0.370 e. The number of nitrogens with two attached hydrogens (primary N) is 1. The van der Waals surface area contributed by atoms with Crippen molar-refractivity contribution in [2.45, 2.75) is 44.6 Å². The first-order valence-electron chi connectivity index (χ1n) is 6.01. The molecule has 0 bridgehead atoms. The Bertz CT molecular complexity index is 177. The molecule has 1 aliphatic heterocycles. The van der Waals surface area contributed by atoms with E-state index < -0.39 is 0 Å². The molecule has 0 saturated carbocycles. The first kappa shape index (κ1) is 12.5. The highest BCUT2D eigenvalue weighted by Crippen LogP contribution is 2.05. The summed E-state index contributed by atoms with van der Waals surface area (Å²) in [7, 11) is 0. The van der Waals surface area contributed by atoms with Gasteiger partial charge >= 0.3 is 0 Å². The van der Waals surface area contributed by atoms with Gasteiger partial charge in [0.05, 0.1) is 0 Å². The normalized spacial score (nSPS) is 22.3. The lowest BCUT2D eigenvalue weighted by molar-refractivity contribution is -0.118. The van der Waals surface area contributed by atoms with E-state index >= 15 is 0 Å². The Morgan fingerprint density at radius 1 is 1.33 bits per heavy atom. The third-order valence-electron chi connectivity index (χ3n) is 2.86. The molecule has 1 fully saturated rings. The molecule has 4 heteroatoms. The zero-order chi connectivity index (χ0) is 10.9. The molecule has 0 radical (unpaired) electrons. The Balaban J connectivity index is 1.96. The number of carbonyl (C=O) groups is 1. The van der Waals surface area contributed by atoms with Gasteiger partial charge in [0.2, 0.25) is 5.91 Å². The summed E-state index contributed by atoms with van der Waals surface area (Å²) in [5.74, 6) is -0.186. The highest BCUT2D eigenvalue weighted by molar-refractivity contribution is 5.73. The van der Waals surface area contributed by atoms with Gasteiger partial charge in [-0.25, -0.2) is 0 Å². The van der Waals surface area contributed by atoms with Crippen LogP contribution in [0, 0.1) is 0 Å². The van der Waals surface area contributed by atoms with Gasteiger partial charge in [-0.2, -0.15) is 0 Å². The molecule has 1 saturated heterocycles. The van der Waals surface area contributed by atoms with Crippen molar-refractivity contribution in [1.82, 2.24) is 10.6 Å². The van der Waals surface area contributed by atoms with E-state index in [2.05, 4.69) is 10.6 Å². The molecule has 1 heterocycles. The van der Waals surface area contributed by atoms with Crippen molar-refractivity contribution in [2.24, 2.45) is 5.73 Å². The molecule has 1 rings (SSSR count). The van der Waals surface area contributed by atoms with Crippen LogP contribution in [0.15, 0.2) is 0 Å². The lowest BCUT2D eigenvalue weighted by atomic mass is 10.1. The Morgan fingerprint density at radius 2 is 2.20 bits per heavy atom. The van der Waals surface area contributed by atoms with Gasteiger partial charge in [-0.15, -0.1) is 0 Å². The minimum absolute atomic E-state index is 0.186. The van der Waals surface area contributed by atoms with E-state index in [0.29, 0.717) is 12.5 Å². The van der Waals surface area contributed by atoms with Crippen LogP contribution in [0.5, 0.6) is 0 Å². The average Bonchev–Trinajstić information content (AvgIpc) is 2.45. The van der Waals surface area contributed by atoms with Gasteiger partial charge < -0.3 is 16.4 Å². The Hall–Kier alpha value is -0.610. The first-order valence-corrected chi connectivity index (χ1v) is 6.01. The number of rotatable bonds is 6. The van der Waals surface area contributed by atoms with Gasteiger partial charge in [-0.05, 0) is 51.7 Å². The number of carbonyl (C=O) groups excluding carboxylic acids is 1. The molecule has 0 aromatic rings. The Labute approximate surface area is 92.0 Å². The number of hydrogen-bond acceptors (Lipinski definition) is 3. The Morgan fingerprint density at radius 3 is 3.00 bits per heavy atom. The maximum absolute atomic E-state index is 10.5. The minimum atomic E-state index is -0.186. The monoisotopic (exact) mass is 213 g/mol. The third-order valence-corrected chi connectivity index (χ3v) is 2.86. The molecule has 4 nitrogen and oxygen atoms in total. The smallest absolute Gasteiger partial charge is 0.217 e. The molecule has 0 aliphatic carbocycles. The highest BCUT2D eigenvalue weighted by atomic mass is 16.1. The molecule has 1 amide bonds. The van der Waals surface area contributed by atoms with Crippen molar-refractivity contribution in [3.05, 3.63) is 0 Å². The van der Waals surface area contributed by atoms with Crippen molar-refractivity contribution < 1.29 is 4.79 Å². The zero-order valence-electron chi connectivity index (χ0n) is 9.43. The van der Waals surface area contributed by atoms with E-state index in [-0.39, 0.29) is 5.91 Å². The van der Waals surface area contributed by atoms with Crippen LogP contribution in [0.3, 0.4) is 0 Å². The molecule has 1 unspecified atom stereocenters. The van der Waals surface area contributed by atoms with E-state index in [9.17, 15) is 4.79 Å². The Kier molecular flexibility index (Phi) is 6.36. The van der Waals surface area contributed by atoms with E-state index in [1.54, 1.807) is 0 Å². The summed E-state index contributed by atoms with van der Waals surface area (Å²) in [6.45, 7) is 3.29. The molecule has 4 N–H and O–H groups in total. The molecular weight excluding hydrogens is 190 g/mol. The summed E-state index contributed by atoms with van der Waals surface area (Å²) in [5, 5.41) is 6.94. The summed E-state index contributed by atoms with van der Waals surface area (Å²) in [6.07, 6.45) is 6.23. The fourth-order valence-corrected chi connectivity index (χ4v) is 1.95. The summed E-state index contributed by atoms with van der Waals surface area (Å²) in [4.78, 5) is 10.5. The third kappa shape index (κ3) is 6.47. The van der Waals surface area contributed by atoms with Gasteiger partial charge in [0.25, 0.3) is 0 Å². The van der Waals surface area contributed by atoms with E-state index in [0.717, 1.165) is 32.5 Å². The quantitative estimate of drug-likeness (QED) is 0.559. The highest BCUT2D eigenvalue weighted by Gasteiger charge is 2.10. The molecule has 1 aliphatic rings. The molecule has 88 valence electrons. The standard InChI is InChI=1S/C11H23N3O/c12-11(15)5-1-2-8-14-10-4-3-7-13-9-6-10/h10,13-14H,1-9H2,(H2,12,15). The van der Waals surface area contributed by atoms with Gasteiger partial charge in [-0.1, -0.05) is 0 Å². The van der Waals surface area contributed by atoms with Crippen LogP contribution in [-0.4, -0.2) is 31.6 Å². The molecule has 15 heavy (non-hydrogen) atoms. The van der Waals surface area contributed by atoms with E-state index in [4.69, 9.17) is 5.73 Å². The van der Waals surface area contributed by atoms with Crippen LogP contribution in [-0.2, 0) is 4.79 Å². The number of primary amides is 1. The van der Waals surface area contributed by atoms with Gasteiger partial charge in [0, 0.05) is 12.5 Å². The van der Waals surface area contributed by atoms with E-state index in [1.807, 2.05) is 0 Å². The fraction of sp³-hybridized carbons (Fsp3) is 0.909. The molecule has 0 aromatic carbocycles. The van der Waals surface area contributed by atoms with Gasteiger partial charge in [0.15, 0.2) is 0 Å². The van der Waals surface area contributed by atoms with Crippen LogP contribution in [0.2, 0.25) is 0 Å². The number of unbranched alkanes of at least 4 members (excludes halogenated alkanes) is 1. The average molecular weight is 213 g/mol. The van der Waals surface area contributed by atoms with Crippen LogP contribution < -0.4 is 16.4 Å². The second-order valence-electron chi connectivity index (χ2n) is 4.26. The number of hydrogen-bond donors (Lipinski definition) is 3. The first-order chi connectivity index (χ1) is 7.29. The zero-order valence-corrected chi connectivity index (χ0v) is 9.43. The van der Waals surface area contributed by atoms with Crippen LogP contribution in [0.25, 0.3) is 0 Å². The van der Waals surface area contributed by atoms with Crippen molar-refractivity contribution in [3.8, 4) is 0 Å². The lowest BCUT2D eigenvalue weighted by Gasteiger charge is -2.15. The van der Waals surface area contributed by atoms with Crippen LogP contribution >= 0.6 is 0 Å². The molecule has 1 atom stereocenters. The van der Waals surface area contributed by atoms with Crippen LogP contribution in [0.1, 0.15) is 38.5 Å². The second-order valence-corrected chi connectivity index (χ2v) is 4.26. The maximum atomic E-state index is 10.5. The van der Waals surface area contributed by atoms with Crippen molar-refractivity contribution in [1.29, 1.82) is 0 Å².